The van der Waals surface area contributed by atoms with E-state index < -0.39 is 10.0 Å². The van der Waals surface area contributed by atoms with Crippen LogP contribution in [-0.2, 0) is 10.0 Å². The molecule has 0 saturated carbocycles. The molecule has 144 valence electrons. The Bertz CT molecular complexity index is 904. The summed E-state index contributed by atoms with van der Waals surface area (Å²) in [5.41, 5.74) is 2.19. The lowest BCUT2D eigenvalue weighted by Gasteiger charge is -2.18. The number of carbonyl (C=O) groups excluding carboxylic acids is 1. The number of carbonyl (C=O) groups is 1. The molecule has 6 heteroatoms. The summed E-state index contributed by atoms with van der Waals surface area (Å²) in [6, 6.07) is 14.9. The molecular weight excluding hydrogens is 360 g/mol. The Labute approximate surface area is 161 Å². The lowest BCUT2D eigenvalue weighted by molar-refractivity contribution is 0.0951. The summed E-state index contributed by atoms with van der Waals surface area (Å²) in [6.45, 7) is 5.40. The van der Waals surface area contributed by atoms with Gasteiger partial charge in [-0.15, -0.1) is 0 Å². The Morgan fingerprint density at radius 1 is 1.11 bits per heavy atom. The zero-order chi connectivity index (χ0) is 19.4. The molecule has 1 amide bonds. The first-order chi connectivity index (χ1) is 12.9. The van der Waals surface area contributed by atoms with Crippen molar-refractivity contribution in [2.75, 3.05) is 19.6 Å². The highest BCUT2D eigenvalue weighted by molar-refractivity contribution is 7.89. The molecule has 5 nitrogen and oxygen atoms in total. The van der Waals surface area contributed by atoms with Crippen molar-refractivity contribution < 1.29 is 13.2 Å². The van der Waals surface area contributed by atoms with Crippen LogP contribution < -0.4 is 5.32 Å². The fraction of sp³-hybridized carbons (Fsp3) is 0.381. The van der Waals surface area contributed by atoms with Crippen LogP contribution in [0.5, 0.6) is 0 Å². The van der Waals surface area contributed by atoms with Crippen molar-refractivity contribution in [1.29, 1.82) is 0 Å². The van der Waals surface area contributed by atoms with E-state index in [0.29, 0.717) is 30.8 Å². The third-order valence-corrected chi connectivity index (χ3v) is 7.11. The second kappa shape index (κ2) is 8.23. The van der Waals surface area contributed by atoms with E-state index in [0.717, 1.165) is 18.4 Å². The van der Waals surface area contributed by atoms with Gasteiger partial charge in [0, 0.05) is 25.2 Å². The summed E-state index contributed by atoms with van der Waals surface area (Å²) in [5, 5.41) is 2.92. The van der Waals surface area contributed by atoms with Crippen molar-refractivity contribution in [3.63, 3.8) is 0 Å². The van der Waals surface area contributed by atoms with Crippen LogP contribution in [0.2, 0.25) is 0 Å². The number of sulfonamides is 1. The molecule has 2 aromatic carbocycles. The Kier molecular flexibility index (Phi) is 5.97. The van der Waals surface area contributed by atoms with E-state index in [1.165, 1.54) is 10.4 Å². The van der Waals surface area contributed by atoms with Crippen LogP contribution in [0.15, 0.2) is 53.4 Å². The number of hydrogen-bond acceptors (Lipinski definition) is 3. The lowest BCUT2D eigenvalue weighted by atomic mass is 10.0. The van der Waals surface area contributed by atoms with E-state index in [2.05, 4.69) is 5.32 Å². The number of benzene rings is 2. The molecule has 0 unspecified atom stereocenters. The predicted molar refractivity (Wildman–Crippen MR) is 106 cm³/mol. The van der Waals surface area contributed by atoms with Crippen LogP contribution in [-0.4, -0.2) is 38.3 Å². The van der Waals surface area contributed by atoms with Crippen LogP contribution >= 0.6 is 0 Å². The van der Waals surface area contributed by atoms with Crippen LogP contribution in [0.1, 0.15) is 47.2 Å². The van der Waals surface area contributed by atoms with Gasteiger partial charge in [-0.25, -0.2) is 8.42 Å². The fourth-order valence-corrected chi connectivity index (χ4v) is 5.10. The molecule has 0 aromatic heterocycles. The van der Waals surface area contributed by atoms with Crippen molar-refractivity contribution in [3.05, 3.63) is 65.2 Å². The number of amides is 1. The number of aryl methyl sites for hydroxylation is 1. The molecule has 1 saturated heterocycles. The SMILES string of the molecule is Cc1ccc(C(=O)NC[C@H](C)c2ccccc2)cc1S(=O)(=O)N1CCCC1. The van der Waals surface area contributed by atoms with Crippen molar-refractivity contribution >= 4 is 15.9 Å². The first-order valence-electron chi connectivity index (χ1n) is 9.33. The first-order valence-corrected chi connectivity index (χ1v) is 10.8. The fourth-order valence-electron chi connectivity index (χ4n) is 3.33. The second-order valence-electron chi connectivity index (χ2n) is 7.11. The van der Waals surface area contributed by atoms with Crippen LogP contribution in [0.4, 0.5) is 0 Å². The minimum atomic E-state index is -3.55. The highest BCUT2D eigenvalue weighted by Gasteiger charge is 2.29. The first kappa shape index (κ1) is 19.6. The third kappa shape index (κ3) is 4.39. The Morgan fingerprint density at radius 2 is 1.78 bits per heavy atom. The van der Waals surface area contributed by atoms with Crippen molar-refractivity contribution in [2.45, 2.75) is 37.5 Å². The van der Waals surface area contributed by atoms with E-state index >= 15 is 0 Å². The average molecular weight is 387 g/mol. The predicted octanol–water partition coefficient (Wildman–Crippen LogP) is 3.31. The lowest BCUT2D eigenvalue weighted by Crippen LogP contribution is -2.30. The van der Waals surface area contributed by atoms with E-state index in [1.54, 1.807) is 19.1 Å². The standard InChI is InChI=1S/C21H26N2O3S/c1-16-10-11-19(14-20(16)27(25,26)23-12-6-7-13-23)21(24)22-15-17(2)18-8-4-3-5-9-18/h3-5,8-11,14,17H,6-7,12-13,15H2,1-2H3,(H,22,24)/t17-/m0/s1. The summed E-state index contributed by atoms with van der Waals surface area (Å²) in [4.78, 5) is 12.8. The van der Waals surface area contributed by atoms with Gasteiger partial charge in [0.05, 0.1) is 4.90 Å². The molecule has 27 heavy (non-hydrogen) atoms. The zero-order valence-corrected chi connectivity index (χ0v) is 16.6. The van der Waals surface area contributed by atoms with Gasteiger partial charge >= 0.3 is 0 Å². The van der Waals surface area contributed by atoms with Gasteiger partial charge in [0.2, 0.25) is 10.0 Å². The molecule has 1 heterocycles. The Hall–Kier alpha value is -2.18. The summed E-state index contributed by atoms with van der Waals surface area (Å²) < 4.78 is 27.3. The molecule has 1 fully saturated rings. The normalized spacial score (nSPS) is 16.2. The molecule has 1 aliphatic heterocycles. The van der Waals surface area contributed by atoms with Crippen molar-refractivity contribution in [2.24, 2.45) is 0 Å². The number of nitrogens with zero attached hydrogens (tertiary/aromatic N) is 1. The minimum absolute atomic E-state index is 0.174. The Balaban J connectivity index is 1.74. The molecule has 0 spiro atoms. The van der Waals surface area contributed by atoms with Gasteiger partial charge in [0.15, 0.2) is 0 Å². The van der Waals surface area contributed by atoms with Crippen molar-refractivity contribution in [1.82, 2.24) is 9.62 Å². The van der Waals surface area contributed by atoms with E-state index in [1.807, 2.05) is 37.3 Å². The second-order valence-corrected chi connectivity index (χ2v) is 9.02. The summed E-state index contributed by atoms with van der Waals surface area (Å²) >= 11 is 0. The maximum absolute atomic E-state index is 12.9. The van der Waals surface area contributed by atoms with Crippen LogP contribution in [0.25, 0.3) is 0 Å². The average Bonchev–Trinajstić information content (AvgIpc) is 3.22. The number of hydrogen-bond donors (Lipinski definition) is 1. The maximum atomic E-state index is 12.9. The maximum Gasteiger partial charge on any atom is 0.251 e. The van der Waals surface area contributed by atoms with Crippen LogP contribution in [0.3, 0.4) is 0 Å². The monoisotopic (exact) mass is 386 g/mol. The minimum Gasteiger partial charge on any atom is -0.351 e. The number of rotatable bonds is 6. The van der Waals surface area contributed by atoms with Gasteiger partial charge in [0.1, 0.15) is 0 Å². The quantitative estimate of drug-likeness (QED) is 0.828. The topological polar surface area (TPSA) is 66.5 Å². The molecule has 1 aliphatic rings. The molecule has 0 bridgehead atoms. The van der Waals surface area contributed by atoms with E-state index in [9.17, 15) is 13.2 Å². The van der Waals surface area contributed by atoms with E-state index in [4.69, 9.17) is 0 Å². The number of nitrogens with one attached hydrogen (secondary N) is 1. The van der Waals surface area contributed by atoms with Crippen LogP contribution in [0, 0.1) is 6.92 Å². The smallest absolute Gasteiger partial charge is 0.251 e. The van der Waals surface area contributed by atoms with E-state index in [-0.39, 0.29) is 16.7 Å². The third-order valence-electron chi connectivity index (χ3n) is 5.07. The molecular formula is C21H26N2O3S. The highest BCUT2D eigenvalue weighted by Crippen LogP contribution is 2.24. The van der Waals surface area contributed by atoms with Gasteiger partial charge in [-0.2, -0.15) is 4.31 Å². The van der Waals surface area contributed by atoms with Gasteiger partial charge in [-0.3, -0.25) is 4.79 Å². The summed E-state index contributed by atoms with van der Waals surface area (Å²) in [6.07, 6.45) is 1.77. The van der Waals surface area contributed by atoms with Gasteiger partial charge in [-0.05, 0) is 48.9 Å². The molecule has 2 aromatic rings. The molecule has 0 aliphatic carbocycles. The van der Waals surface area contributed by atoms with Crippen molar-refractivity contribution in [3.8, 4) is 0 Å². The zero-order valence-electron chi connectivity index (χ0n) is 15.8. The molecule has 1 N–H and O–H groups in total. The summed E-state index contributed by atoms with van der Waals surface area (Å²) in [7, 11) is -3.55. The summed E-state index contributed by atoms with van der Waals surface area (Å²) in [5.74, 6) is -0.0796. The highest BCUT2D eigenvalue weighted by atomic mass is 32.2. The molecule has 1 atom stereocenters. The van der Waals surface area contributed by atoms with Gasteiger partial charge in [0.25, 0.3) is 5.91 Å². The van der Waals surface area contributed by atoms with Gasteiger partial charge < -0.3 is 5.32 Å². The van der Waals surface area contributed by atoms with Gasteiger partial charge in [-0.1, -0.05) is 43.3 Å². The largest absolute Gasteiger partial charge is 0.351 e. The molecule has 0 radical (unpaired) electrons. The molecule has 3 rings (SSSR count). The Morgan fingerprint density at radius 3 is 2.44 bits per heavy atom.